The Morgan fingerprint density at radius 1 is 1.10 bits per heavy atom. The zero-order valence-electron chi connectivity index (χ0n) is 12.1. The minimum atomic E-state index is -0.110. The molecule has 1 aliphatic rings. The van der Waals surface area contributed by atoms with Gasteiger partial charge >= 0.3 is 0 Å². The van der Waals surface area contributed by atoms with Crippen molar-refractivity contribution in [1.29, 1.82) is 0 Å². The average Bonchev–Trinajstić information content (AvgIpc) is 2.93. The summed E-state index contributed by atoms with van der Waals surface area (Å²) in [5.74, 6) is 1.47. The van der Waals surface area contributed by atoms with E-state index in [2.05, 4.69) is 13.8 Å². The topological polar surface area (TPSA) is 61.6 Å². The van der Waals surface area contributed by atoms with Gasteiger partial charge in [-0.3, -0.25) is 4.79 Å². The van der Waals surface area contributed by atoms with Crippen molar-refractivity contribution in [1.82, 2.24) is 0 Å². The molecule has 0 bridgehead atoms. The summed E-state index contributed by atoms with van der Waals surface area (Å²) in [6.07, 6.45) is 0. The predicted molar refractivity (Wildman–Crippen MR) is 80.9 cm³/mol. The summed E-state index contributed by atoms with van der Waals surface area (Å²) in [4.78, 5) is 12.6. The van der Waals surface area contributed by atoms with Gasteiger partial charge in [-0.15, -0.1) is 0 Å². The maximum absolute atomic E-state index is 12.6. The Balaban J connectivity index is 1.95. The lowest BCUT2D eigenvalue weighted by Crippen LogP contribution is -2.05. The highest BCUT2D eigenvalue weighted by Crippen LogP contribution is 2.36. The highest BCUT2D eigenvalue weighted by molar-refractivity contribution is 6.12. The maximum Gasteiger partial charge on any atom is 0.231 e. The molecule has 0 aliphatic carbocycles. The molecular weight excluding hydrogens is 266 g/mol. The number of carbonyl (C=O) groups excluding carboxylic acids is 1. The first kappa shape index (κ1) is 13.5. The van der Waals surface area contributed by atoms with Crippen LogP contribution in [0.15, 0.2) is 36.4 Å². The molecule has 4 heteroatoms. The molecule has 2 aromatic carbocycles. The van der Waals surface area contributed by atoms with E-state index in [0.29, 0.717) is 34.2 Å². The first-order valence-electron chi connectivity index (χ1n) is 6.90. The molecule has 1 heterocycles. The molecule has 2 aromatic rings. The minimum absolute atomic E-state index is 0.110. The first-order valence-corrected chi connectivity index (χ1v) is 6.90. The van der Waals surface area contributed by atoms with Crippen molar-refractivity contribution < 1.29 is 14.3 Å². The fourth-order valence-corrected chi connectivity index (χ4v) is 2.33. The van der Waals surface area contributed by atoms with Crippen molar-refractivity contribution in [3.05, 3.63) is 53.1 Å². The zero-order chi connectivity index (χ0) is 15.0. The standard InChI is InChI=1S/C17H17NO3/c1-10(2)11-3-5-12(6-4-11)17(19)13-7-15-16(8-14(13)18)21-9-20-15/h3-8,10H,9,18H2,1-2H3. The second-order valence-electron chi connectivity index (χ2n) is 5.40. The van der Waals surface area contributed by atoms with Gasteiger partial charge in [0.1, 0.15) is 0 Å². The Bertz CT molecular complexity index is 690. The van der Waals surface area contributed by atoms with E-state index in [9.17, 15) is 4.79 Å². The number of hydrogen-bond acceptors (Lipinski definition) is 4. The molecule has 0 saturated heterocycles. The van der Waals surface area contributed by atoms with Gasteiger partial charge in [-0.05, 0) is 17.5 Å². The molecule has 0 fully saturated rings. The number of anilines is 1. The van der Waals surface area contributed by atoms with Crippen molar-refractivity contribution in [2.24, 2.45) is 0 Å². The van der Waals surface area contributed by atoms with Crippen LogP contribution in [0.3, 0.4) is 0 Å². The SMILES string of the molecule is CC(C)c1ccc(C(=O)c2cc3c(cc2N)OCO3)cc1. The largest absolute Gasteiger partial charge is 0.454 e. The molecular formula is C17H17NO3. The van der Waals surface area contributed by atoms with Crippen molar-refractivity contribution in [3.63, 3.8) is 0 Å². The van der Waals surface area contributed by atoms with E-state index < -0.39 is 0 Å². The molecule has 2 N–H and O–H groups in total. The Morgan fingerprint density at radius 3 is 2.33 bits per heavy atom. The molecule has 108 valence electrons. The van der Waals surface area contributed by atoms with E-state index in [1.54, 1.807) is 12.1 Å². The van der Waals surface area contributed by atoms with Gasteiger partial charge < -0.3 is 15.2 Å². The van der Waals surface area contributed by atoms with Crippen LogP contribution in [0, 0.1) is 0 Å². The summed E-state index contributed by atoms with van der Waals surface area (Å²) in [6.45, 7) is 4.40. The number of ketones is 1. The van der Waals surface area contributed by atoms with Gasteiger partial charge in [-0.25, -0.2) is 0 Å². The van der Waals surface area contributed by atoms with E-state index in [1.165, 1.54) is 5.56 Å². The number of carbonyl (C=O) groups is 1. The fraction of sp³-hybridized carbons (Fsp3) is 0.235. The third kappa shape index (κ3) is 2.44. The number of benzene rings is 2. The van der Waals surface area contributed by atoms with E-state index in [-0.39, 0.29) is 12.6 Å². The van der Waals surface area contributed by atoms with Gasteiger partial charge in [0.05, 0.1) is 0 Å². The summed E-state index contributed by atoms with van der Waals surface area (Å²) in [5.41, 5.74) is 8.61. The van der Waals surface area contributed by atoms with Gasteiger partial charge in [0, 0.05) is 22.9 Å². The molecule has 0 unspecified atom stereocenters. The molecule has 3 rings (SSSR count). The van der Waals surface area contributed by atoms with Crippen LogP contribution in [-0.4, -0.2) is 12.6 Å². The summed E-state index contributed by atoms with van der Waals surface area (Å²) in [5, 5.41) is 0. The smallest absolute Gasteiger partial charge is 0.231 e. The number of hydrogen-bond donors (Lipinski definition) is 1. The first-order chi connectivity index (χ1) is 10.1. The molecule has 1 aliphatic heterocycles. The fourth-order valence-electron chi connectivity index (χ4n) is 2.33. The van der Waals surface area contributed by atoms with Crippen molar-refractivity contribution in [3.8, 4) is 11.5 Å². The number of nitrogens with two attached hydrogens (primary N) is 1. The average molecular weight is 283 g/mol. The van der Waals surface area contributed by atoms with Gasteiger partial charge in [-0.1, -0.05) is 38.1 Å². The Hall–Kier alpha value is -2.49. The zero-order valence-corrected chi connectivity index (χ0v) is 12.1. The summed E-state index contributed by atoms with van der Waals surface area (Å²) in [6, 6.07) is 10.9. The van der Waals surface area contributed by atoms with Crippen LogP contribution < -0.4 is 15.2 Å². The van der Waals surface area contributed by atoms with Gasteiger partial charge in [0.2, 0.25) is 6.79 Å². The van der Waals surface area contributed by atoms with Crippen molar-refractivity contribution in [2.45, 2.75) is 19.8 Å². The van der Waals surface area contributed by atoms with Crippen LogP contribution in [0.25, 0.3) is 0 Å². The molecule has 0 spiro atoms. The number of nitrogen functional groups attached to an aromatic ring is 1. The molecule has 0 amide bonds. The second-order valence-corrected chi connectivity index (χ2v) is 5.40. The molecule has 21 heavy (non-hydrogen) atoms. The van der Waals surface area contributed by atoms with Crippen LogP contribution in [0.5, 0.6) is 11.5 Å². The van der Waals surface area contributed by atoms with E-state index in [4.69, 9.17) is 15.2 Å². The molecule has 4 nitrogen and oxygen atoms in total. The third-order valence-corrected chi connectivity index (χ3v) is 3.63. The van der Waals surface area contributed by atoms with Crippen LogP contribution in [0.2, 0.25) is 0 Å². The van der Waals surface area contributed by atoms with Crippen molar-refractivity contribution in [2.75, 3.05) is 12.5 Å². The number of fused-ring (bicyclic) bond motifs is 1. The van der Waals surface area contributed by atoms with E-state index in [1.807, 2.05) is 24.3 Å². The molecule has 0 saturated carbocycles. The normalized spacial score (nSPS) is 12.7. The summed E-state index contributed by atoms with van der Waals surface area (Å²) < 4.78 is 10.5. The van der Waals surface area contributed by atoms with Crippen molar-refractivity contribution >= 4 is 11.5 Å². The molecule has 0 radical (unpaired) electrons. The lowest BCUT2D eigenvalue weighted by atomic mass is 9.97. The quantitative estimate of drug-likeness (QED) is 0.693. The van der Waals surface area contributed by atoms with Crippen LogP contribution in [0.4, 0.5) is 5.69 Å². The monoisotopic (exact) mass is 283 g/mol. The van der Waals surface area contributed by atoms with E-state index in [0.717, 1.165) is 0 Å². The van der Waals surface area contributed by atoms with Crippen LogP contribution in [0.1, 0.15) is 41.3 Å². The number of rotatable bonds is 3. The third-order valence-electron chi connectivity index (χ3n) is 3.63. The lowest BCUT2D eigenvalue weighted by molar-refractivity contribution is 0.103. The minimum Gasteiger partial charge on any atom is -0.454 e. The van der Waals surface area contributed by atoms with Gasteiger partial charge in [0.25, 0.3) is 0 Å². The Morgan fingerprint density at radius 2 is 1.71 bits per heavy atom. The summed E-state index contributed by atoms with van der Waals surface area (Å²) >= 11 is 0. The maximum atomic E-state index is 12.6. The van der Waals surface area contributed by atoms with Crippen LogP contribution >= 0.6 is 0 Å². The molecule has 0 aromatic heterocycles. The van der Waals surface area contributed by atoms with Gasteiger partial charge in [0.15, 0.2) is 17.3 Å². The number of ether oxygens (including phenoxy) is 2. The highest BCUT2D eigenvalue weighted by atomic mass is 16.7. The summed E-state index contributed by atoms with van der Waals surface area (Å²) in [7, 11) is 0. The second kappa shape index (κ2) is 5.13. The predicted octanol–water partition coefficient (Wildman–Crippen LogP) is 3.35. The van der Waals surface area contributed by atoms with E-state index >= 15 is 0 Å². The lowest BCUT2D eigenvalue weighted by Gasteiger charge is -2.09. The molecule has 0 atom stereocenters. The highest BCUT2D eigenvalue weighted by Gasteiger charge is 2.20. The Kier molecular flexibility index (Phi) is 3.29. The van der Waals surface area contributed by atoms with Crippen LogP contribution in [-0.2, 0) is 0 Å². The Labute approximate surface area is 123 Å². The van der Waals surface area contributed by atoms with Gasteiger partial charge in [-0.2, -0.15) is 0 Å².